The van der Waals surface area contributed by atoms with Gasteiger partial charge in [-0.05, 0) is 13.0 Å². The Balaban J connectivity index is 2.92. The molecule has 1 amide bonds. The van der Waals surface area contributed by atoms with Crippen molar-refractivity contribution in [2.75, 3.05) is 6.54 Å². The summed E-state index contributed by atoms with van der Waals surface area (Å²) >= 11 is 0. The molecule has 3 N–H and O–H groups in total. The molecule has 0 fully saturated rings. The van der Waals surface area contributed by atoms with Gasteiger partial charge < -0.3 is 11.1 Å². The first-order chi connectivity index (χ1) is 7.95. The average molecular weight is 241 g/mol. The van der Waals surface area contributed by atoms with Gasteiger partial charge in [-0.3, -0.25) is 14.9 Å². The molecule has 1 aromatic rings. The topological polar surface area (TPSA) is 98.3 Å². The van der Waals surface area contributed by atoms with Crippen molar-refractivity contribution in [2.45, 2.75) is 13.0 Å². The van der Waals surface area contributed by atoms with Crippen molar-refractivity contribution < 1.29 is 14.1 Å². The number of nitrogens with one attached hydrogen (secondary N) is 1. The number of hydrogen-bond acceptors (Lipinski definition) is 4. The Morgan fingerprint density at radius 3 is 2.76 bits per heavy atom. The summed E-state index contributed by atoms with van der Waals surface area (Å²) in [6.07, 6.45) is 0. The summed E-state index contributed by atoms with van der Waals surface area (Å²) in [4.78, 5) is 21.2. The van der Waals surface area contributed by atoms with E-state index in [9.17, 15) is 19.3 Å². The molecule has 0 aliphatic heterocycles. The molecule has 92 valence electrons. The number of nitro groups is 1. The Labute approximate surface area is 96.8 Å². The molecule has 1 rings (SSSR count). The van der Waals surface area contributed by atoms with Crippen LogP contribution in [0.5, 0.6) is 0 Å². The van der Waals surface area contributed by atoms with Gasteiger partial charge in [0, 0.05) is 18.7 Å². The lowest BCUT2D eigenvalue weighted by Gasteiger charge is -2.11. The molecular weight excluding hydrogens is 229 g/mol. The van der Waals surface area contributed by atoms with E-state index in [1.165, 1.54) is 0 Å². The fraction of sp³-hybridized carbons (Fsp3) is 0.300. The van der Waals surface area contributed by atoms with E-state index < -0.39 is 22.3 Å². The highest BCUT2D eigenvalue weighted by Gasteiger charge is 2.16. The molecule has 0 saturated heterocycles. The fourth-order valence-electron chi connectivity index (χ4n) is 1.16. The number of carbonyl (C=O) groups is 1. The molecule has 7 heteroatoms. The number of carbonyl (C=O) groups excluding carboxylic acids is 1. The summed E-state index contributed by atoms with van der Waals surface area (Å²) in [5.74, 6) is -1.57. The third-order valence-corrected chi connectivity index (χ3v) is 2.14. The lowest BCUT2D eigenvalue weighted by molar-refractivity contribution is -0.385. The summed E-state index contributed by atoms with van der Waals surface area (Å²) in [7, 11) is 0. The number of rotatable bonds is 4. The van der Waals surface area contributed by atoms with Crippen molar-refractivity contribution in [1.82, 2.24) is 5.32 Å². The third kappa shape index (κ3) is 3.22. The number of benzene rings is 1. The Morgan fingerprint density at radius 2 is 2.29 bits per heavy atom. The van der Waals surface area contributed by atoms with Crippen molar-refractivity contribution in [2.24, 2.45) is 5.73 Å². The molecule has 0 aliphatic carbocycles. The van der Waals surface area contributed by atoms with E-state index in [0.29, 0.717) is 6.07 Å². The lowest BCUT2D eigenvalue weighted by atomic mass is 10.1. The van der Waals surface area contributed by atoms with Gasteiger partial charge in [0.05, 0.1) is 16.6 Å². The zero-order valence-corrected chi connectivity index (χ0v) is 9.14. The maximum atomic E-state index is 13.4. The number of nitrogens with two attached hydrogens (primary N) is 1. The SMILES string of the molecule is C[C@H](CN)NC(=O)c1ccc([N+](=O)[O-])cc1F. The van der Waals surface area contributed by atoms with E-state index in [1.54, 1.807) is 6.92 Å². The molecule has 0 aromatic heterocycles. The van der Waals surface area contributed by atoms with Crippen LogP contribution in [0.4, 0.5) is 10.1 Å². The molecule has 6 nitrogen and oxygen atoms in total. The van der Waals surface area contributed by atoms with Crippen LogP contribution in [0.3, 0.4) is 0 Å². The number of halogens is 1. The smallest absolute Gasteiger partial charge is 0.272 e. The van der Waals surface area contributed by atoms with E-state index in [-0.39, 0.29) is 18.2 Å². The molecule has 0 heterocycles. The Bertz CT molecular complexity index is 450. The molecule has 0 radical (unpaired) electrons. The normalized spacial score (nSPS) is 11.9. The van der Waals surface area contributed by atoms with Crippen LogP contribution in [-0.4, -0.2) is 23.4 Å². The van der Waals surface area contributed by atoms with Crippen LogP contribution in [0.2, 0.25) is 0 Å². The fourth-order valence-corrected chi connectivity index (χ4v) is 1.16. The summed E-state index contributed by atoms with van der Waals surface area (Å²) in [5, 5.41) is 12.8. The van der Waals surface area contributed by atoms with Crippen LogP contribution < -0.4 is 11.1 Å². The standard InChI is InChI=1S/C10H12FN3O3/c1-6(5-12)13-10(15)8-3-2-7(14(16)17)4-9(8)11/h2-4,6H,5,12H2,1H3,(H,13,15)/t6-/m1/s1. The Kier molecular flexibility index (Phi) is 4.11. The molecule has 0 unspecified atom stereocenters. The first kappa shape index (κ1) is 13.0. The van der Waals surface area contributed by atoms with Gasteiger partial charge in [-0.25, -0.2) is 4.39 Å². The molecule has 1 aromatic carbocycles. The molecule has 1 atom stereocenters. The van der Waals surface area contributed by atoms with Crippen LogP contribution in [0.1, 0.15) is 17.3 Å². The minimum Gasteiger partial charge on any atom is -0.348 e. The number of hydrogen-bond donors (Lipinski definition) is 2. The monoisotopic (exact) mass is 241 g/mol. The summed E-state index contributed by atoms with van der Waals surface area (Å²) in [6, 6.07) is 2.57. The van der Waals surface area contributed by atoms with Crippen molar-refractivity contribution in [3.05, 3.63) is 39.7 Å². The van der Waals surface area contributed by atoms with Gasteiger partial charge in [-0.15, -0.1) is 0 Å². The Morgan fingerprint density at radius 1 is 1.65 bits per heavy atom. The van der Waals surface area contributed by atoms with Gasteiger partial charge in [0.25, 0.3) is 11.6 Å². The molecular formula is C10H12FN3O3. The first-order valence-corrected chi connectivity index (χ1v) is 4.90. The molecule has 0 bridgehead atoms. The highest BCUT2D eigenvalue weighted by atomic mass is 19.1. The van der Waals surface area contributed by atoms with Crippen LogP contribution in [0.25, 0.3) is 0 Å². The maximum Gasteiger partial charge on any atom is 0.272 e. The van der Waals surface area contributed by atoms with Crippen molar-refractivity contribution in [3.8, 4) is 0 Å². The molecule has 0 aliphatic rings. The number of non-ortho nitro benzene ring substituents is 1. The first-order valence-electron chi connectivity index (χ1n) is 4.90. The molecule has 0 saturated carbocycles. The maximum absolute atomic E-state index is 13.4. The van der Waals surface area contributed by atoms with Gasteiger partial charge in [0.1, 0.15) is 5.82 Å². The second kappa shape index (κ2) is 5.35. The van der Waals surface area contributed by atoms with Gasteiger partial charge in [0.2, 0.25) is 0 Å². The lowest BCUT2D eigenvalue weighted by Crippen LogP contribution is -2.38. The van der Waals surface area contributed by atoms with Crippen molar-refractivity contribution in [1.29, 1.82) is 0 Å². The van der Waals surface area contributed by atoms with E-state index in [2.05, 4.69) is 5.32 Å². The van der Waals surface area contributed by atoms with Gasteiger partial charge >= 0.3 is 0 Å². The number of nitrogens with zero attached hydrogens (tertiary/aromatic N) is 1. The third-order valence-electron chi connectivity index (χ3n) is 2.14. The minimum absolute atomic E-state index is 0.223. The zero-order chi connectivity index (χ0) is 13.0. The van der Waals surface area contributed by atoms with E-state index in [0.717, 1.165) is 12.1 Å². The van der Waals surface area contributed by atoms with E-state index >= 15 is 0 Å². The van der Waals surface area contributed by atoms with Crippen LogP contribution >= 0.6 is 0 Å². The molecule has 17 heavy (non-hydrogen) atoms. The quantitative estimate of drug-likeness (QED) is 0.602. The zero-order valence-electron chi connectivity index (χ0n) is 9.14. The van der Waals surface area contributed by atoms with E-state index in [1.807, 2.05) is 0 Å². The van der Waals surface area contributed by atoms with Crippen LogP contribution in [-0.2, 0) is 0 Å². The van der Waals surface area contributed by atoms with Crippen molar-refractivity contribution in [3.63, 3.8) is 0 Å². The summed E-state index contributed by atoms with van der Waals surface area (Å²) in [6.45, 7) is 1.89. The summed E-state index contributed by atoms with van der Waals surface area (Å²) in [5.41, 5.74) is 4.67. The van der Waals surface area contributed by atoms with Crippen molar-refractivity contribution >= 4 is 11.6 Å². The highest BCUT2D eigenvalue weighted by molar-refractivity contribution is 5.94. The predicted octanol–water partition coefficient (Wildman–Crippen LogP) is 0.811. The van der Waals surface area contributed by atoms with Gasteiger partial charge in [0.15, 0.2) is 0 Å². The predicted molar refractivity (Wildman–Crippen MR) is 59.0 cm³/mol. The Hall–Kier alpha value is -2.02. The van der Waals surface area contributed by atoms with Gasteiger partial charge in [-0.1, -0.05) is 0 Å². The summed E-state index contributed by atoms with van der Waals surface area (Å²) < 4.78 is 13.4. The van der Waals surface area contributed by atoms with Crippen LogP contribution in [0.15, 0.2) is 18.2 Å². The number of nitro benzene ring substituents is 1. The van der Waals surface area contributed by atoms with Crippen LogP contribution in [0, 0.1) is 15.9 Å². The second-order valence-corrected chi connectivity index (χ2v) is 3.53. The second-order valence-electron chi connectivity index (χ2n) is 3.53. The molecule has 0 spiro atoms. The minimum atomic E-state index is -0.930. The largest absolute Gasteiger partial charge is 0.348 e. The van der Waals surface area contributed by atoms with Gasteiger partial charge in [-0.2, -0.15) is 0 Å². The highest BCUT2D eigenvalue weighted by Crippen LogP contribution is 2.16. The average Bonchev–Trinajstić information content (AvgIpc) is 2.28. The number of amides is 1. The van der Waals surface area contributed by atoms with E-state index in [4.69, 9.17) is 5.73 Å².